The molecule has 144 valence electrons. The van der Waals surface area contributed by atoms with Crippen LogP contribution >= 0.6 is 22.9 Å². The summed E-state index contributed by atoms with van der Waals surface area (Å²) in [4.78, 5) is 24.3. The quantitative estimate of drug-likeness (QED) is 0.616. The van der Waals surface area contributed by atoms with Crippen molar-refractivity contribution >= 4 is 40.4 Å². The van der Waals surface area contributed by atoms with Crippen molar-refractivity contribution in [3.05, 3.63) is 69.1 Å². The van der Waals surface area contributed by atoms with E-state index >= 15 is 0 Å². The van der Waals surface area contributed by atoms with Gasteiger partial charge in [0.05, 0.1) is 20.1 Å². The fourth-order valence-electron chi connectivity index (χ4n) is 2.37. The SMILES string of the molecule is COc1cccc(CC(=O)NCc2nnc(C(=O)Nc3cccc(Cl)c3)s2)c1. The smallest absolute Gasteiger partial charge is 0.286 e. The Morgan fingerprint density at radius 3 is 2.75 bits per heavy atom. The first-order valence-corrected chi connectivity index (χ1v) is 9.52. The highest BCUT2D eigenvalue weighted by molar-refractivity contribution is 7.13. The molecule has 0 bridgehead atoms. The van der Waals surface area contributed by atoms with E-state index in [4.69, 9.17) is 16.3 Å². The zero-order valence-electron chi connectivity index (χ0n) is 14.9. The third kappa shape index (κ3) is 5.51. The van der Waals surface area contributed by atoms with Gasteiger partial charge in [-0.2, -0.15) is 0 Å². The molecule has 9 heteroatoms. The molecule has 2 N–H and O–H groups in total. The number of carbonyl (C=O) groups is 2. The van der Waals surface area contributed by atoms with E-state index in [-0.39, 0.29) is 29.8 Å². The van der Waals surface area contributed by atoms with Gasteiger partial charge in [-0.15, -0.1) is 10.2 Å². The van der Waals surface area contributed by atoms with E-state index in [2.05, 4.69) is 20.8 Å². The van der Waals surface area contributed by atoms with Crippen LogP contribution < -0.4 is 15.4 Å². The predicted octanol–water partition coefficient (Wildman–Crippen LogP) is 3.31. The molecular weight excluding hydrogens is 400 g/mol. The Kier molecular flexibility index (Phi) is 6.57. The summed E-state index contributed by atoms with van der Waals surface area (Å²) in [6, 6.07) is 14.1. The second-order valence-electron chi connectivity index (χ2n) is 5.77. The zero-order valence-corrected chi connectivity index (χ0v) is 16.5. The summed E-state index contributed by atoms with van der Waals surface area (Å²) in [6.45, 7) is 0.199. The average Bonchev–Trinajstić information content (AvgIpc) is 3.16. The lowest BCUT2D eigenvalue weighted by Gasteiger charge is -2.05. The summed E-state index contributed by atoms with van der Waals surface area (Å²) in [5, 5.41) is 14.6. The summed E-state index contributed by atoms with van der Waals surface area (Å²) in [5.41, 5.74) is 1.41. The number of carbonyl (C=O) groups excluding carboxylic acids is 2. The molecule has 7 nitrogen and oxygen atoms in total. The molecule has 0 aliphatic heterocycles. The number of hydrogen-bond acceptors (Lipinski definition) is 6. The van der Waals surface area contributed by atoms with Crippen LogP contribution in [0, 0.1) is 0 Å². The highest BCUT2D eigenvalue weighted by atomic mass is 35.5. The van der Waals surface area contributed by atoms with Gasteiger partial charge >= 0.3 is 0 Å². The highest BCUT2D eigenvalue weighted by Crippen LogP contribution is 2.17. The van der Waals surface area contributed by atoms with Crippen LogP contribution in [0.1, 0.15) is 20.4 Å². The maximum atomic E-state index is 12.2. The molecule has 3 aromatic rings. The number of benzene rings is 2. The van der Waals surface area contributed by atoms with Crippen LogP contribution in [0.25, 0.3) is 0 Å². The van der Waals surface area contributed by atoms with Crippen LogP contribution in [0.5, 0.6) is 5.75 Å². The molecular formula is C19H17ClN4O3S. The monoisotopic (exact) mass is 416 g/mol. The van der Waals surface area contributed by atoms with Crippen molar-refractivity contribution in [2.75, 3.05) is 12.4 Å². The number of hydrogen-bond donors (Lipinski definition) is 2. The average molecular weight is 417 g/mol. The predicted molar refractivity (Wildman–Crippen MR) is 108 cm³/mol. The van der Waals surface area contributed by atoms with Gasteiger partial charge in [-0.05, 0) is 35.9 Å². The second kappa shape index (κ2) is 9.29. The number of amides is 2. The van der Waals surface area contributed by atoms with Crippen LogP contribution in [0.3, 0.4) is 0 Å². The summed E-state index contributed by atoms with van der Waals surface area (Å²) < 4.78 is 5.15. The van der Waals surface area contributed by atoms with Gasteiger partial charge in [0.1, 0.15) is 10.8 Å². The Labute approximate surface area is 170 Å². The molecule has 1 heterocycles. The zero-order chi connectivity index (χ0) is 19.9. The third-order valence-corrected chi connectivity index (χ3v) is 4.84. The Morgan fingerprint density at radius 1 is 1.14 bits per heavy atom. The number of aromatic nitrogens is 2. The van der Waals surface area contributed by atoms with Crippen LogP contribution in [0.2, 0.25) is 5.02 Å². The first-order chi connectivity index (χ1) is 13.5. The van der Waals surface area contributed by atoms with Crippen molar-refractivity contribution in [2.24, 2.45) is 0 Å². The van der Waals surface area contributed by atoms with Crippen molar-refractivity contribution in [1.29, 1.82) is 0 Å². The Hall–Kier alpha value is -2.97. The molecule has 0 radical (unpaired) electrons. The van der Waals surface area contributed by atoms with Gasteiger partial charge in [-0.1, -0.05) is 41.1 Å². The lowest BCUT2D eigenvalue weighted by atomic mass is 10.1. The molecule has 0 atom stereocenters. The molecule has 0 unspecified atom stereocenters. The molecule has 0 aliphatic carbocycles. The third-order valence-electron chi connectivity index (χ3n) is 3.68. The number of methoxy groups -OCH3 is 1. The van der Waals surface area contributed by atoms with Crippen molar-refractivity contribution < 1.29 is 14.3 Å². The van der Waals surface area contributed by atoms with E-state index in [0.29, 0.717) is 21.5 Å². The number of rotatable bonds is 7. The molecule has 2 aromatic carbocycles. The molecule has 0 fully saturated rings. The van der Waals surface area contributed by atoms with Crippen molar-refractivity contribution in [3.8, 4) is 5.75 Å². The summed E-state index contributed by atoms with van der Waals surface area (Å²) >= 11 is 7.02. The number of halogens is 1. The van der Waals surface area contributed by atoms with Gasteiger partial charge in [-0.25, -0.2) is 0 Å². The molecule has 0 saturated carbocycles. The second-order valence-corrected chi connectivity index (χ2v) is 7.27. The number of anilines is 1. The minimum Gasteiger partial charge on any atom is -0.497 e. The molecule has 28 heavy (non-hydrogen) atoms. The van der Waals surface area contributed by atoms with Gasteiger partial charge < -0.3 is 15.4 Å². The largest absolute Gasteiger partial charge is 0.497 e. The fourth-order valence-corrected chi connectivity index (χ4v) is 3.24. The van der Waals surface area contributed by atoms with Crippen LogP contribution in [0.4, 0.5) is 5.69 Å². The molecule has 0 spiro atoms. The Morgan fingerprint density at radius 2 is 1.96 bits per heavy atom. The maximum absolute atomic E-state index is 12.2. The van der Waals surface area contributed by atoms with E-state index in [1.807, 2.05) is 24.3 Å². The standard InChI is InChI=1S/C19H17ClN4O3S/c1-27-15-7-2-4-12(8-15)9-16(25)21-11-17-23-24-19(28-17)18(26)22-14-6-3-5-13(20)10-14/h2-8,10H,9,11H2,1H3,(H,21,25)(H,22,26). The van der Waals surface area contributed by atoms with Crippen molar-refractivity contribution in [2.45, 2.75) is 13.0 Å². The van der Waals surface area contributed by atoms with Gasteiger partial charge in [0, 0.05) is 10.7 Å². The number of ether oxygens (including phenoxy) is 1. The van der Waals surface area contributed by atoms with Gasteiger partial charge in [-0.3, -0.25) is 9.59 Å². The summed E-state index contributed by atoms with van der Waals surface area (Å²) in [6.07, 6.45) is 0.220. The number of nitrogens with zero attached hydrogens (tertiary/aromatic N) is 2. The topological polar surface area (TPSA) is 93.2 Å². The number of nitrogens with one attached hydrogen (secondary N) is 2. The van der Waals surface area contributed by atoms with Gasteiger partial charge in [0.25, 0.3) is 5.91 Å². The van der Waals surface area contributed by atoms with E-state index in [1.54, 1.807) is 31.4 Å². The van der Waals surface area contributed by atoms with E-state index < -0.39 is 0 Å². The van der Waals surface area contributed by atoms with E-state index in [9.17, 15) is 9.59 Å². The maximum Gasteiger partial charge on any atom is 0.286 e. The highest BCUT2D eigenvalue weighted by Gasteiger charge is 2.14. The van der Waals surface area contributed by atoms with Gasteiger partial charge in [0.15, 0.2) is 0 Å². The fraction of sp³-hybridized carbons (Fsp3) is 0.158. The van der Waals surface area contributed by atoms with Crippen molar-refractivity contribution in [1.82, 2.24) is 15.5 Å². The minimum absolute atomic E-state index is 0.159. The van der Waals surface area contributed by atoms with Gasteiger partial charge in [0.2, 0.25) is 10.9 Å². The Bertz CT molecular complexity index is 993. The molecule has 0 aliphatic rings. The normalized spacial score (nSPS) is 10.4. The molecule has 2 amide bonds. The summed E-state index contributed by atoms with van der Waals surface area (Å²) in [5.74, 6) is 0.159. The molecule has 3 rings (SSSR count). The molecule has 1 aromatic heterocycles. The van der Waals surface area contributed by atoms with E-state index in [1.165, 1.54) is 0 Å². The van der Waals surface area contributed by atoms with Crippen LogP contribution in [0.15, 0.2) is 48.5 Å². The van der Waals surface area contributed by atoms with E-state index in [0.717, 1.165) is 16.9 Å². The molecule has 0 saturated heterocycles. The minimum atomic E-state index is -0.381. The van der Waals surface area contributed by atoms with Crippen LogP contribution in [-0.2, 0) is 17.8 Å². The first-order valence-electron chi connectivity index (χ1n) is 8.32. The van der Waals surface area contributed by atoms with Crippen molar-refractivity contribution in [3.63, 3.8) is 0 Å². The lowest BCUT2D eigenvalue weighted by Crippen LogP contribution is -2.24. The Balaban J connectivity index is 1.52. The van der Waals surface area contributed by atoms with Crippen LogP contribution in [-0.4, -0.2) is 29.1 Å². The first kappa shape index (κ1) is 19.8. The lowest BCUT2D eigenvalue weighted by molar-refractivity contribution is -0.120. The summed E-state index contributed by atoms with van der Waals surface area (Å²) in [7, 11) is 1.58.